The molecule has 2 aliphatic heterocycles. The highest BCUT2D eigenvalue weighted by atomic mass is 16.6. The van der Waals surface area contributed by atoms with Gasteiger partial charge in [-0.1, -0.05) is 18.6 Å². The van der Waals surface area contributed by atoms with Crippen LogP contribution in [0.25, 0.3) is 0 Å². The van der Waals surface area contributed by atoms with Gasteiger partial charge in [-0.25, -0.2) is 0 Å². The van der Waals surface area contributed by atoms with Gasteiger partial charge in [-0.05, 0) is 59.5 Å². The Labute approximate surface area is 140 Å². The Morgan fingerprint density at radius 2 is 2.22 bits per heavy atom. The zero-order valence-corrected chi connectivity index (χ0v) is 15.0. The molecule has 130 valence electrons. The largest absolute Gasteiger partial charge is 0.459 e. The number of carbonyl (C=O) groups excluding carboxylic acids is 1. The average Bonchev–Trinajstić information content (AvgIpc) is 3.06. The van der Waals surface area contributed by atoms with E-state index in [1.54, 1.807) is 0 Å². The van der Waals surface area contributed by atoms with Crippen molar-refractivity contribution in [3.05, 3.63) is 11.6 Å². The van der Waals surface area contributed by atoms with Crippen molar-refractivity contribution in [3.63, 3.8) is 0 Å². The van der Waals surface area contributed by atoms with Gasteiger partial charge in [0.15, 0.2) is 0 Å². The van der Waals surface area contributed by atoms with Gasteiger partial charge >= 0.3 is 5.97 Å². The van der Waals surface area contributed by atoms with Crippen molar-refractivity contribution >= 4 is 5.97 Å². The molecule has 1 aliphatic carbocycles. The van der Waals surface area contributed by atoms with Crippen LogP contribution in [0, 0.1) is 11.8 Å². The summed E-state index contributed by atoms with van der Waals surface area (Å²) in [6.07, 6.45) is 7.69. The maximum absolute atomic E-state index is 12.5. The molecule has 2 saturated heterocycles. The highest BCUT2D eigenvalue weighted by Gasteiger charge is 2.62. The molecule has 23 heavy (non-hydrogen) atoms. The summed E-state index contributed by atoms with van der Waals surface area (Å²) in [6.45, 7) is 8.38. The van der Waals surface area contributed by atoms with E-state index >= 15 is 0 Å². The van der Waals surface area contributed by atoms with Crippen molar-refractivity contribution in [1.29, 1.82) is 0 Å². The Kier molecular flexibility index (Phi) is 4.84. The molecule has 2 fully saturated rings. The first-order valence-electron chi connectivity index (χ1n) is 9.17. The molecule has 0 unspecified atom stereocenters. The van der Waals surface area contributed by atoms with Crippen molar-refractivity contribution in [2.75, 3.05) is 20.1 Å². The minimum Gasteiger partial charge on any atom is -0.459 e. The smallest absolute Gasteiger partial charge is 0.311 e. The molecule has 0 aromatic rings. The number of allylic oxidation sites excluding steroid dienone is 2. The van der Waals surface area contributed by atoms with Gasteiger partial charge in [0.2, 0.25) is 0 Å². The van der Waals surface area contributed by atoms with E-state index in [0.717, 1.165) is 45.2 Å². The fourth-order valence-corrected chi connectivity index (χ4v) is 4.36. The number of hydrogen-bond donors (Lipinski definition) is 0. The van der Waals surface area contributed by atoms with E-state index in [1.807, 2.05) is 0 Å². The lowest BCUT2D eigenvalue weighted by atomic mass is 9.80. The predicted molar refractivity (Wildman–Crippen MR) is 90.2 cm³/mol. The van der Waals surface area contributed by atoms with Crippen molar-refractivity contribution in [3.8, 4) is 0 Å². The second-order valence-corrected chi connectivity index (χ2v) is 7.91. The molecular formula is C19H31NO3. The molecule has 0 radical (unpaired) electrons. The standard InChI is InChI=1S/C19H31NO3/c1-5-11-20(4)12-15-14-9-8-13(2)7-6-10-19(3)17(23-19)16(14)22-18(15)21/h7,14-17H,5-6,8-12H2,1-4H3/b13-7+/t14-,15-,16-,17-,19+/m0/s1. The third-order valence-electron chi connectivity index (χ3n) is 5.85. The second-order valence-electron chi connectivity index (χ2n) is 7.91. The lowest BCUT2D eigenvalue weighted by Crippen LogP contribution is -2.35. The van der Waals surface area contributed by atoms with Gasteiger partial charge in [0.25, 0.3) is 0 Å². The van der Waals surface area contributed by atoms with Crippen molar-refractivity contribution in [1.82, 2.24) is 4.90 Å². The molecule has 3 aliphatic rings. The average molecular weight is 321 g/mol. The summed E-state index contributed by atoms with van der Waals surface area (Å²) < 4.78 is 11.8. The van der Waals surface area contributed by atoms with Crippen LogP contribution >= 0.6 is 0 Å². The fourth-order valence-electron chi connectivity index (χ4n) is 4.36. The Hall–Kier alpha value is -0.870. The van der Waals surface area contributed by atoms with E-state index in [4.69, 9.17) is 9.47 Å². The SMILES string of the molecule is CCCN(C)C[C@@H]1C(=O)O[C@H]2[C@H]1CC/C(C)=C/CC[C@@]1(C)O[C@@H]21. The molecule has 4 heteroatoms. The Bertz CT molecular complexity index is 489. The minimum atomic E-state index is -0.0957. The van der Waals surface area contributed by atoms with Crippen LogP contribution < -0.4 is 0 Å². The number of hydrogen-bond acceptors (Lipinski definition) is 4. The molecule has 0 amide bonds. The zero-order chi connectivity index (χ0) is 16.6. The monoisotopic (exact) mass is 321 g/mol. The van der Waals surface area contributed by atoms with Crippen molar-refractivity contribution < 1.29 is 14.3 Å². The maximum Gasteiger partial charge on any atom is 0.311 e. The highest BCUT2D eigenvalue weighted by molar-refractivity contribution is 5.75. The lowest BCUT2D eigenvalue weighted by molar-refractivity contribution is -0.145. The summed E-state index contributed by atoms with van der Waals surface area (Å²) in [6, 6.07) is 0. The van der Waals surface area contributed by atoms with Crippen LogP contribution in [0.15, 0.2) is 11.6 Å². The molecule has 0 aromatic carbocycles. The number of epoxide rings is 1. The molecule has 2 heterocycles. The van der Waals surface area contributed by atoms with E-state index in [9.17, 15) is 4.79 Å². The lowest BCUT2D eigenvalue weighted by Gasteiger charge is -2.25. The molecule has 0 N–H and O–H groups in total. The molecule has 0 bridgehead atoms. The summed E-state index contributed by atoms with van der Waals surface area (Å²) in [4.78, 5) is 14.8. The highest BCUT2D eigenvalue weighted by Crippen LogP contribution is 2.50. The van der Waals surface area contributed by atoms with Gasteiger partial charge < -0.3 is 14.4 Å². The third kappa shape index (κ3) is 3.48. The third-order valence-corrected chi connectivity index (χ3v) is 5.85. The molecule has 4 nitrogen and oxygen atoms in total. The first-order valence-corrected chi connectivity index (χ1v) is 9.17. The first-order chi connectivity index (χ1) is 10.9. The summed E-state index contributed by atoms with van der Waals surface area (Å²) in [5.41, 5.74) is 1.34. The molecular weight excluding hydrogens is 290 g/mol. The normalized spacial score (nSPS) is 42.5. The number of carbonyl (C=O) groups is 1. The summed E-state index contributed by atoms with van der Waals surface area (Å²) in [7, 11) is 2.10. The Morgan fingerprint density at radius 3 is 2.96 bits per heavy atom. The zero-order valence-electron chi connectivity index (χ0n) is 15.0. The maximum atomic E-state index is 12.5. The molecule has 0 saturated carbocycles. The first kappa shape index (κ1) is 17.0. The number of nitrogens with zero attached hydrogens (tertiary/aromatic N) is 1. The summed E-state index contributed by atoms with van der Waals surface area (Å²) >= 11 is 0. The van der Waals surface area contributed by atoms with Gasteiger partial charge in [0, 0.05) is 12.5 Å². The minimum absolute atomic E-state index is 0.00257. The predicted octanol–water partition coefficient (Wildman–Crippen LogP) is 3.16. The Balaban J connectivity index is 1.77. The molecule has 5 atom stereocenters. The van der Waals surface area contributed by atoms with Crippen LogP contribution in [0.5, 0.6) is 0 Å². The van der Waals surface area contributed by atoms with Crippen molar-refractivity contribution in [2.45, 2.75) is 70.7 Å². The van der Waals surface area contributed by atoms with E-state index in [2.05, 4.69) is 38.8 Å². The van der Waals surface area contributed by atoms with Crippen LogP contribution in [0.1, 0.15) is 52.9 Å². The molecule has 3 rings (SSSR count). The van der Waals surface area contributed by atoms with Gasteiger partial charge in [0.1, 0.15) is 12.2 Å². The summed E-state index contributed by atoms with van der Waals surface area (Å²) in [5, 5.41) is 0. The van der Waals surface area contributed by atoms with Crippen LogP contribution in [0.2, 0.25) is 0 Å². The van der Waals surface area contributed by atoms with Crippen LogP contribution in [0.4, 0.5) is 0 Å². The molecule has 0 aromatic heterocycles. The number of ether oxygens (including phenoxy) is 2. The van der Waals surface area contributed by atoms with Crippen LogP contribution in [-0.4, -0.2) is 48.8 Å². The van der Waals surface area contributed by atoms with Gasteiger partial charge in [-0.2, -0.15) is 0 Å². The van der Waals surface area contributed by atoms with Gasteiger partial charge in [-0.15, -0.1) is 0 Å². The number of rotatable bonds is 4. The second kappa shape index (κ2) is 6.56. The number of fused-ring (bicyclic) bond motifs is 3. The van der Waals surface area contributed by atoms with Crippen molar-refractivity contribution in [2.24, 2.45) is 11.8 Å². The Morgan fingerprint density at radius 1 is 1.43 bits per heavy atom. The van der Waals surface area contributed by atoms with Crippen LogP contribution in [0.3, 0.4) is 0 Å². The van der Waals surface area contributed by atoms with E-state index in [-0.39, 0.29) is 35.6 Å². The van der Waals surface area contributed by atoms with E-state index in [0.29, 0.717) is 0 Å². The van der Waals surface area contributed by atoms with Gasteiger partial charge in [-0.3, -0.25) is 4.79 Å². The van der Waals surface area contributed by atoms with Gasteiger partial charge in [0.05, 0.1) is 11.5 Å². The molecule has 0 spiro atoms. The topological polar surface area (TPSA) is 42.1 Å². The quantitative estimate of drug-likeness (QED) is 0.453. The van der Waals surface area contributed by atoms with Crippen LogP contribution in [-0.2, 0) is 14.3 Å². The summed E-state index contributed by atoms with van der Waals surface area (Å²) in [5.74, 6) is 0.272. The number of esters is 1. The van der Waals surface area contributed by atoms with E-state index in [1.165, 1.54) is 5.57 Å². The fraction of sp³-hybridized carbons (Fsp3) is 0.842. The van der Waals surface area contributed by atoms with E-state index < -0.39 is 0 Å².